The molecule has 0 radical (unpaired) electrons. The van der Waals surface area contributed by atoms with Gasteiger partial charge in [0.1, 0.15) is 18.6 Å². The second-order valence-electron chi connectivity index (χ2n) is 4.97. The van der Waals surface area contributed by atoms with Crippen molar-refractivity contribution in [2.45, 2.75) is 31.5 Å². The van der Waals surface area contributed by atoms with E-state index in [4.69, 9.17) is 10.8 Å². The van der Waals surface area contributed by atoms with E-state index >= 15 is 0 Å². The van der Waals surface area contributed by atoms with E-state index in [1.807, 2.05) is 6.26 Å². The Bertz CT molecular complexity index is 462. The monoisotopic (exact) mass is 364 g/mol. The second-order valence-corrected chi connectivity index (χ2v) is 5.96. The van der Waals surface area contributed by atoms with Crippen LogP contribution in [0.1, 0.15) is 13.3 Å². The van der Waals surface area contributed by atoms with Crippen molar-refractivity contribution in [1.82, 2.24) is 16.0 Å². The Morgan fingerprint density at radius 3 is 2.25 bits per heavy atom. The van der Waals surface area contributed by atoms with Gasteiger partial charge in [-0.05, 0) is 25.4 Å². The minimum atomic E-state index is -1.26. The molecular formula is C13H24N4O6S. The van der Waals surface area contributed by atoms with Gasteiger partial charge in [-0.3, -0.25) is 19.2 Å². The molecule has 3 unspecified atom stereocenters. The molecule has 7 N–H and O–H groups in total. The molecular weight excluding hydrogens is 340 g/mol. The van der Waals surface area contributed by atoms with Gasteiger partial charge < -0.3 is 31.9 Å². The highest BCUT2D eigenvalue weighted by molar-refractivity contribution is 7.98. The summed E-state index contributed by atoms with van der Waals surface area (Å²) in [5, 5.41) is 24.4. The van der Waals surface area contributed by atoms with Crippen LogP contribution in [0.2, 0.25) is 0 Å². The van der Waals surface area contributed by atoms with Crippen molar-refractivity contribution < 1.29 is 29.4 Å². The Labute approximate surface area is 143 Å². The van der Waals surface area contributed by atoms with Crippen molar-refractivity contribution in [2.75, 3.05) is 25.2 Å². The number of hydrogen-bond donors (Lipinski definition) is 6. The lowest BCUT2D eigenvalue weighted by molar-refractivity contribution is -0.138. The molecule has 138 valence electrons. The summed E-state index contributed by atoms with van der Waals surface area (Å²) in [7, 11) is 0. The maximum absolute atomic E-state index is 12.0. The minimum Gasteiger partial charge on any atom is -0.480 e. The first kappa shape index (κ1) is 22.1. The molecule has 0 aromatic heterocycles. The maximum Gasteiger partial charge on any atom is 0.322 e. The third-order valence-corrected chi connectivity index (χ3v) is 3.60. The van der Waals surface area contributed by atoms with Crippen molar-refractivity contribution in [3.05, 3.63) is 0 Å². The number of nitrogens with two attached hydrogens (primary N) is 1. The van der Waals surface area contributed by atoms with Gasteiger partial charge in [-0.15, -0.1) is 0 Å². The highest BCUT2D eigenvalue weighted by Gasteiger charge is 2.25. The smallest absolute Gasteiger partial charge is 0.322 e. The van der Waals surface area contributed by atoms with Crippen LogP contribution in [0.25, 0.3) is 0 Å². The summed E-state index contributed by atoms with van der Waals surface area (Å²) in [4.78, 5) is 45.8. The van der Waals surface area contributed by atoms with Crippen LogP contribution < -0.4 is 21.7 Å². The minimum absolute atomic E-state index is 0.417. The number of carboxylic acids is 1. The van der Waals surface area contributed by atoms with Crippen LogP contribution in [0.4, 0.5) is 0 Å². The van der Waals surface area contributed by atoms with Gasteiger partial charge in [0.25, 0.3) is 0 Å². The summed E-state index contributed by atoms with van der Waals surface area (Å²) in [6.07, 6.45) is 2.28. The normalized spacial score (nSPS) is 14.2. The molecule has 0 saturated carbocycles. The lowest BCUT2D eigenvalue weighted by atomic mass is 10.2. The molecule has 10 nitrogen and oxygen atoms in total. The molecule has 0 aliphatic heterocycles. The Morgan fingerprint density at radius 1 is 1.12 bits per heavy atom. The summed E-state index contributed by atoms with van der Waals surface area (Å²) < 4.78 is 0. The number of amides is 3. The number of nitrogens with one attached hydrogen (secondary N) is 3. The molecule has 3 amide bonds. The molecule has 0 bridgehead atoms. The van der Waals surface area contributed by atoms with Crippen molar-refractivity contribution in [3.63, 3.8) is 0 Å². The number of carbonyl (C=O) groups is 4. The fourth-order valence-electron chi connectivity index (χ4n) is 1.54. The van der Waals surface area contributed by atoms with Crippen LogP contribution in [0.5, 0.6) is 0 Å². The van der Waals surface area contributed by atoms with E-state index < -0.39 is 55.0 Å². The summed E-state index contributed by atoms with van der Waals surface area (Å²) in [5.74, 6) is -2.61. The van der Waals surface area contributed by atoms with Crippen LogP contribution in [0.15, 0.2) is 0 Å². The third kappa shape index (κ3) is 8.70. The molecule has 0 aromatic rings. The number of carboxylic acid groups (broad SMARTS) is 1. The summed E-state index contributed by atoms with van der Waals surface area (Å²) in [6.45, 7) is 0.0926. The molecule has 0 spiro atoms. The van der Waals surface area contributed by atoms with Crippen LogP contribution >= 0.6 is 11.8 Å². The van der Waals surface area contributed by atoms with Gasteiger partial charge in [0.15, 0.2) is 0 Å². The Balaban J connectivity index is 4.50. The summed E-state index contributed by atoms with van der Waals surface area (Å²) in [6, 6.07) is -3.10. The zero-order valence-electron chi connectivity index (χ0n) is 13.6. The number of hydrogen-bond acceptors (Lipinski definition) is 7. The highest BCUT2D eigenvalue weighted by atomic mass is 32.2. The molecule has 0 aliphatic rings. The van der Waals surface area contributed by atoms with E-state index in [2.05, 4.69) is 16.0 Å². The van der Waals surface area contributed by atoms with Crippen LogP contribution in [0.3, 0.4) is 0 Å². The molecule has 0 aromatic carbocycles. The molecule has 0 rings (SSSR count). The summed E-state index contributed by atoms with van der Waals surface area (Å²) >= 11 is 1.52. The first-order chi connectivity index (χ1) is 11.2. The van der Waals surface area contributed by atoms with Crippen LogP contribution in [0, 0.1) is 0 Å². The second kappa shape index (κ2) is 11.6. The van der Waals surface area contributed by atoms with Gasteiger partial charge >= 0.3 is 5.97 Å². The molecule has 3 atom stereocenters. The largest absolute Gasteiger partial charge is 0.480 e. The first-order valence-corrected chi connectivity index (χ1v) is 8.57. The average Bonchev–Trinajstić information content (AvgIpc) is 2.54. The predicted molar refractivity (Wildman–Crippen MR) is 88.2 cm³/mol. The van der Waals surface area contributed by atoms with E-state index in [1.54, 1.807) is 0 Å². The molecule has 0 saturated heterocycles. The fraction of sp³-hybridized carbons (Fsp3) is 0.692. The first-order valence-electron chi connectivity index (χ1n) is 7.18. The van der Waals surface area contributed by atoms with Gasteiger partial charge in [0, 0.05) is 0 Å². The van der Waals surface area contributed by atoms with Crippen molar-refractivity contribution >= 4 is 35.5 Å². The molecule has 24 heavy (non-hydrogen) atoms. The Hall–Kier alpha value is -1.85. The predicted octanol–water partition coefficient (Wildman–Crippen LogP) is -2.75. The maximum atomic E-state index is 12.0. The molecule has 0 heterocycles. The standard InChI is InChI=1S/C13H24N4O6S/c1-7(11(21)15-5-10(19)20)16-13(23)9(6-18)17-12(22)8(14)3-4-24-2/h7-9,18H,3-6,14H2,1-2H3,(H,15,21)(H,16,23)(H,17,22)(H,19,20). The van der Waals surface area contributed by atoms with E-state index in [0.29, 0.717) is 12.2 Å². The number of aliphatic carboxylic acids is 1. The van der Waals surface area contributed by atoms with Crippen molar-refractivity contribution in [2.24, 2.45) is 5.73 Å². The number of aliphatic hydroxyl groups is 1. The topological polar surface area (TPSA) is 171 Å². The van der Waals surface area contributed by atoms with Crippen molar-refractivity contribution in [1.29, 1.82) is 0 Å². The van der Waals surface area contributed by atoms with Gasteiger partial charge in [0.05, 0.1) is 12.6 Å². The highest BCUT2D eigenvalue weighted by Crippen LogP contribution is 1.99. The van der Waals surface area contributed by atoms with E-state index in [1.165, 1.54) is 18.7 Å². The Kier molecular flexibility index (Phi) is 10.8. The number of thioether (sulfide) groups is 1. The van der Waals surface area contributed by atoms with Gasteiger partial charge in [-0.2, -0.15) is 11.8 Å². The zero-order chi connectivity index (χ0) is 18.7. The molecule has 11 heteroatoms. The van der Waals surface area contributed by atoms with E-state index in [-0.39, 0.29) is 0 Å². The van der Waals surface area contributed by atoms with E-state index in [0.717, 1.165) is 0 Å². The third-order valence-electron chi connectivity index (χ3n) is 2.95. The summed E-state index contributed by atoms with van der Waals surface area (Å²) in [5.41, 5.74) is 5.67. The van der Waals surface area contributed by atoms with Crippen LogP contribution in [-0.4, -0.2) is 77.2 Å². The van der Waals surface area contributed by atoms with Gasteiger partial charge in [-0.1, -0.05) is 0 Å². The Morgan fingerprint density at radius 2 is 1.75 bits per heavy atom. The van der Waals surface area contributed by atoms with Crippen LogP contribution in [-0.2, 0) is 19.2 Å². The number of aliphatic hydroxyl groups excluding tert-OH is 1. The quantitative estimate of drug-likeness (QED) is 0.229. The molecule has 0 fully saturated rings. The number of rotatable bonds is 11. The lowest BCUT2D eigenvalue weighted by Gasteiger charge is -2.21. The number of carbonyl (C=O) groups excluding carboxylic acids is 3. The fourth-order valence-corrected chi connectivity index (χ4v) is 2.03. The van der Waals surface area contributed by atoms with Gasteiger partial charge in [0.2, 0.25) is 17.7 Å². The molecule has 0 aliphatic carbocycles. The average molecular weight is 364 g/mol. The zero-order valence-corrected chi connectivity index (χ0v) is 14.4. The lowest BCUT2D eigenvalue weighted by Crippen LogP contribution is -2.56. The van der Waals surface area contributed by atoms with Gasteiger partial charge in [-0.25, -0.2) is 0 Å². The van der Waals surface area contributed by atoms with Crippen molar-refractivity contribution in [3.8, 4) is 0 Å². The SMILES string of the molecule is CSCCC(N)C(=O)NC(CO)C(=O)NC(C)C(=O)NCC(=O)O. The van der Waals surface area contributed by atoms with E-state index in [9.17, 15) is 24.3 Å².